The van der Waals surface area contributed by atoms with Crippen LogP contribution in [-0.4, -0.2) is 34.1 Å². The van der Waals surface area contributed by atoms with Crippen LogP contribution in [0.2, 0.25) is 0 Å². The Hall–Kier alpha value is -0.560. The van der Waals surface area contributed by atoms with Crippen LogP contribution in [0.5, 0.6) is 0 Å². The predicted octanol–water partition coefficient (Wildman–Crippen LogP) is -1.28. The SMILES string of the molecule is C#CC(O)C(O)CCO. The van der Waals surface area contributed by atoms with E-state index in [1.165, 1.54) is 0 Å². The summed E-state index contributed by atoms with van der Waals surface area (Å²) in [6.07, 6.45) is 2.72. The molecule has 3 nitrogen and oxygen atoms in total. The van der Waals surface area contributed by atoms with E-state index >= 15 is 0 Å². The lowest BCUT2D eigenvalue weighted by Gasteiger charge is -2.09. The van der Waals surface area contributed by atoms with Gasteiger partial charge in [0.15, 0.2) is 0 Å². The van der Waals surface area contributed by atoms with Gasteiger partial charge in [0, 0.05) is 6.61 Å². The van der Waals surface area contributed by atoms with Gasteiger partial charge in [-0.25, -0.2) is 0 Å². The first kappa shape index (κ1) is 8.44. The molecule has 0 spiro atoms. The zero-order chi connectivity index (χ0) is 7.28. The summed E-state index contributed by atoms with van der Waals surface area (Å²) in [4.78, 5) is 0. The van der Waals surface area contributed by atoms with Crippen molar-refractivity contribution in [2.75, 3.05) is 6.61 Å². The van der Waals surface area contributed by atoms with Crippen molar-refractivity contribution in [2.24, 2.45) is 0 Å². The van der Waals surface area contributed by atoms with E-state index in [0.717, 1.165) is 0 Å². The van der Waals surface area contributed by atoms with Gasteiger partial charge in [0.05, 0.1) is 6.10 Å². The van der Waals surface area contributed by atoms with E-state index in [9.17, 15) is 0 Å². The van der Waals surface area contributed by atoms with E-state index in [-0.39, 0.29) is 13.0 Å². The number of hydrogen-bond acceptors (Lipinski definition) is 3. The number of aliphatic hydroxyl groups excluding tert-OH is 3. The van der Waals surface area contributed by atoms with Crippen LogP contribution in [0.1, 0.15) is 6.42 Å². The molecule has 0 aliphatic rings. The van der Waals surface area contributed by atoms with Crippen LogP contribution >= 0.6 is 0 Å². The molecule has 0 aromatic rings. The van der Waals surface area contributed by atoms with Crippen LogP contribution in [0.15, 0.2) is 0 Å². The van der Waals surface area contributed by atoms with Crippen LogP contribution in [0.4, 0.5) is 0 Å². The van der Waals surface area contributed by atoms with Crippen LogP contribution in [-0.2, 0) is 0 Å². The monoisotopic (exact) mass is 130 g/mol. The fourth-order valence-corrected chi connectivity index (χ4v) is 0.401. The molecular weight excluding hydrogens is 120 g/mol. The lowest BCUT2D eigenvalue weighted by Crippen LogP contribution is -2.24. The highest BCUT2D eigenvalue weighted by Gasteiger charge is 2.11. The molecule has 0 heterocycles. The maximum atomic E-state index is 8.77. The molecular formula is C6H10O3. The molecule has 0 aliphatic heterocycles. The van der Waals surface area contributed by atoms with Crippen LogP contribution in [0.3, 0.4) is 0 Å². The van der Waals surface area contributed by atoms with Gasteiger partial charge in [0.1, 0.15) is 6.10 Å². The Bertz CT molecular complexity index is 105. The Morgan fingerprint density at radius 3 is 2.33 bits per heavy atom. The maximum absolute atomic E-state index is 8.77. The molecule has 0 aromatic carbocycles. The van der Waals surface area contributed by atoms with Gasteiger partial charge in [-0.3, -0.25) is 0 Å². The molecule has 0 radical (unpaired) electrons. The first-order valence-corrected chi connectivity index (χ1v) is 2.65. The van der Waals surface area contributed by atoms with Gasteiger partial charge in [-0.15, -0.1) is 6.42 Å². The standard InChI is InChI=1S/C6H10O3/c1-2-5(8)6(9)3-4-7/h1,5-9H,3-4H2. The normalized spacial score (nSPS) is 16.2. The smallest absolute Gasteiger partial charge is 0.140 e. The second-order valence-electron chi connectivity index (χ2n) is 1.69. The third-order valence-electron chi connectivity index (χ3n) is 0.960. The van der Waals surface area contributed by atoms with Crippen molar-refractivity contribution >= 4 is 0 Å². The number of hydrogen-bond donors (Lipinski definition) is 3. The molecule has 0 rings (SSSR count). The molecule has 0 saturated heterocycles. The van der Waals surface area contributed by atoms with Gasteiger partial charge in [-0.05, 0) is 6.42 Å². The number of rotatable bonds is 3. The summed E-state index contributed by atoms with van der Waals surface area (Å²) in [5.74, 6) is 1.94. The van der Waals surface area contributed by atoms with Gasteiger partial charge in [-0.2, -0.15) is 0 Å². The Morgan fingerprint density at radius 1 is 1.44 bits per heavy atom. The van der Waals surface area contributed by atoms with E-state index in [1.54, 1.807) is 0 Å². The second kappa shape index (κ2) is 4.33. The Balaban J connectivity index is 3.48. The van der Waals surface area contributed by atoms with Gasteiger partial charge < -0.3 is 15.3 Å². The average molecular weight is 130 g/mol. The van der Waals surface area contributed by atoms with Crippen molar-refractivity contribution in [1.82, 2.24) is 0 Å². The van der Waals surface area contributed by atoms with E-state index in [1.807, 2.05) is 5.92 Å². The third-order valence-corrected chi connectivity index (χ3v) is 0.960. The molecule has 0 saturated carbocycles. The summed E-state index contributed by atoms with van der Waals surface area (Å²) in [7, 11) is 0. The first-order chi connectivity index (χ1) is 4.22. The summed E-state index contributed by atoms with van der Waals surface area (Å²) in [5, 5.41) is 25.7. The van der Waals surface area contributed by atoms with Gasteiger partial charge in [-0.1, -0.05) is 5.92 Å². The zero-order valence-electron chi connectivity index (χ0n) is 4.99. The largest absolute Gasteiger partial charge is 0.396 e. The van der Waals surface area contributed by atoms with E-state index in [4.69, 9.17) is 21.7 Å². The Morgan fingerprint density at radius 2 is 2.00 bits per heavy atom. The molecule has 52 valence electrons. The maximum Gasteiger partial charge on any atom is 0.140 e. The minimum Gasteiger partial charge on any atom is -0.396 e. The van der Waals surface area contributed by atoms with Crippen molar-refractivity contribution in [3.8, 4) is 12.3 Å². The third kappa shape index (κ3) is 3.09. The van der Waals surface area contributed by atoms with Crippen LogP contribution in [0, 0.1) is 12.3 Å². The first-order valence-electron chi connectivity index (χ1n) is 2.65. The fourth-order valence-electron chi connectivity index (χ4n) is 0.401. The molecule has 0 aromatic heterocycles. The molecule has 0 aliphatic carbocycles. The number of aliphatic hydroxyl groups is 3. The molecule has 0 amide bonds. The highest BCUT2D eigenvalue weighted by atomic mass is 16.3. The van der Waals surface area contributed by atoms with Crippen molar-refractivity contribution < 1.29 is 15.3 Å². The topological polar surface area (TPSA) is 60.7 Å². The molecule has 2 unspecified atom stereocenters. The van der Waals surface area contributed by atoms with E-state index in [2.05, 4.69) is 0 Å². The second-order valence-corrected chi connectivity index (χ2v) is 1.69. The van der Waals surface area contributed by atoms with E-state index in [0.29, 0.717) is 0 Å². The Kier molecular flexibility index (Phi) is 4.06. The van der Waals surface area contributed by atoms with Crippen molar-refractivity contribution in [3.63, 3.8) is 0 Å². The van der Waals surface area contributed by atoms with Crippen molar-refractivity contribution in [3.05, 3.63) is 0 Å². The fraction of sp³-hybridized carbons (Fsp3) is 0.667. The molecule has 9 heavy (non-hydrogen) atoms. The number of terminal acetylenes is 1. The molecule has 3 N–H and O–H groups in total. The van der Waals surface area contributed by atoms with Crippen LogP contribution in [0.25, 0.3) is 0 Å². The lowest BCUT2D eigenvalue weighted by molar-refractivity contribution is 0.0368. The minimum absolute atomic E-state index is 0.116. The molecule has 0 bridgehead atoms. The quantitative estimate of drug-likeness (QED) is 0.417. The van der Waals surface area contributed by atoms with Gasteiger partial charge in [0.2, 0.25) is 0 Å². The molecule has 0 fully saturated rings. The lowest BCUT2D eigenvalue weighted by atomic mass is 10.1. The average Bonchev–Trinajstić information content (AvgIpc) is 1.87. The Labute approximate surface area is 53.9 Å². The summed E-state index contributed by atoms with van der Waals surface area (Å²) in [5.41, 5.74) is 0. The highest BCUT2D eigenvalue weighted by molar-refractivity contribution is 4.96. The van der Waals surface area contributed by atoms with Gasteiger partial charge >= 0.3 is 0 Å². The molecule has 3 heteroatoms. The van der Waals surface area contributed by atoms with Crippen LogP contribution < -0.4 is 0 Å². The summed E-state index contributed by atoms with van der Waals surface area (Å²) in [6, 6.07) is 0. The minimum atomic E-state index is -1.16. The van der Waals surface area contributed by atoms with Gasteiger partial charge in [0.25, 0.3) is 0 Å². The summed E-state index contributed by atoms with van der Waals surface area (Å²) < 4.78 is 0. The van der Waals surface area contributed by atoms with E-state index < -0.39 is 12.2 Å². The van der Waals surface area contributed by atoms with Crippen molar-refractivity contribution in [2.45, 2.75) is 18.6 Å². The highest BCUT2D eigenvalue weighted by Crippen LogP contribution is 1.95. The summed E-state index contributed by atoms with van der Waals surface area (Å²) in [6.45, 7) is -0.167. The summed E-state index contributed by atoms with van der Waals surface area (Å²) >= 11 is 0. The zero-order valence-corrected chi connectivity index (χ0v) is 4.99. The predicted molar refractivity (Wildman–Crippen MR) is 32.5 cm³/mol. The van der Waals surface area contributed by atoms with Crippen molar-refractivity contribution in [1.29, 1.82) is 0 Å². The molecule has 2 atom stereocenters.